The molecule has 2 N–H and O–H groups in total. The number of urea groups is 1. The van der Waals surface area contributed by atoms with E-state index in [0.717, 1.165) is 0 Å². The largest absolute Gasteiger partial charge is 0.481 e. The fourth-order valence-corrected chi connectivity index (χ4v) is 1.94. The Kier molecular flexibility index (Phi) is 4.95. The molecular weight excluding hydrogens is 236 g/mol. The maximum Gasteiger partial charge on any atom is 0.318 e. The Hall–Kier alpha value is -1.30. The minimum Gasteiger partial charge on any atom is -0.481 e. The van der Waals surface area contributed by atoms with Gasteiger partial charge in [0, 0.05) is 19.0 Å². The van der Waals surface area contributed by atoms with Gasteiger partial charge in [0.15, 0.2) is 0 Å². The Bertz CT molecular complexity index is 317. The molecule has 1 aliphatic rings. The Morgan fingerprint density at radius 1 is 1.50 bits per heavy atom. The number of rotatable bonds is 4. The standard InChI is InChI=1S/C12H22N2O4/c1-9(4-5-10(15)16)13-11(17)14-6-7-18-8-12(14,2)3/h9H,4-8H2,1-3H3,(H,13,17)(H,15,16). The fraction of sp³-hybridized carbons (Fsp3) is 0.833. The average molecular weight is 258 g/mol. The number of carbonyl (C=O) groups excluding carboxylic acids is 1. The number of hydrogen-bond donors (Lipinski definition) is 2. The summed E-state index contributed by atoms with van der Waals surface area (Å²) in [7, 11) is 0. The van der Waals surface area contributed by atoms with E-state index in [0.29, 0.717) is 26.2 Å². The summed E-state index contributed by atoms with van der Waals surface area (Å²) in [4.78, 5) is 24.3. The van der Waals surface area contributed by atoms with Gasteiger partial charge in [0.1, 0.15) is 0 Å². The van der Waals surface area contributed by atoms with Gasteiger partial charge in [0.25, 0.3) is 0 Å². The van der Waals surface area contributed by atoms with Gasteiger partial charge in [0.05, 0.1) is 18.8 Å². The lowest BCUT2D eigenvalue weighted by Gasteiger charge is -2.42. The van der Waals surface area contributed by atoms with Crippen LogP contribution in [0.1, 0.15) is 33.6 Å². The van der Waals surface area contributed by atoms with E-state index < -0.39 is 5.97 Å². The van der Waals surface area contributed by atoms with Gasteiger partial charge in [-0.25, -0.2) is 4.79 Å². The average Bonchev–Trinajstić information content (AvgIpc) is 2.25. The Morgan fingerprint density at radius 2 is 2.17 bits per heavy atom. The van der Waals surface area contributed by atoms with Gasteiger partial charge in [-0.15, -0.1) is 0 Å². The fourth-order valence-electron chi connectivity index (χ4n) is 1.94. The Labute approximate surface area is 107 Å². The van der Waals surface area contributed by atoms with E-state index >= 15 is 0 Å². The van der Waals surface area contributed by atoms with Crippen molar-refractivity contribution in [3.8, 4) is 0 Å². The van der Waals surface area contributed by atoms with Crippen molar-refractivity contribution in [2.24, 2.45) is 0 Å². The highest BCUT2D eigenvalue weighted by molar-refractivity contribution is 5.75. The minimum absolute atomic E-state index is 0.0634. The molecule has 0 aromatic carbocycles. The van der Waals surface area contributed by atoms with Gasteiger partial charge in [0.2, 0.25) is 0 Å². The van der Waals surface area contributed by atoms with E-state index in [1.807, 2.05) is 20.8 Å². The zero-order chi connectivity index (χ0) is 13.8. The molecule has 0 spiro atoms. The van der Waals surface area contributed by atoms with Crippen LogP contribution in [0.15, 0.2) is 0 Å². The van der Waals surface area contributed by atoms with Crippen molar-refractivity contribution in [2.75, 3.05) is 19.8 Å². The lowest BCUT2D eigenvalue weighted by atomic mass is 10.0. The molecule has 0 aliphatic carbocycles. The minimum atomic E-state index is -0.845. The zero-order valence-electron chi connectivity index (χ0n) is 11.2. The zero-order valence-corrected chi connectivity index (χ0v) is 11.2. The first-order chi connectivity index (χ1) is 8.33. The molecule has 6 nitrogen and oxygen atoms in total. The summed E-state index contributed by atoms with van der Waals surface area (Å²) < 4.78 is 5.35. The van der Waals surface area contributed by atoms with Gasteiger partial charge in [-0.3, -0.25) is 4.79 Å². The number of morpholine rings is 1. The lowest BCUT2D eigenvalue weighted by molar-refractivity contribution is -0.137. The van der Waals surface area contributed by atoms with E-state index in [1.54, 1.807) is 4.90 Å². The number of carboxylic acids is 1. The first-order valence-corrected chi connectivity index (χ1v) is 6.20. The Balaban J connectivity index is 2.46. The van der Waals surface area contributed by atoms with Gasteiger partial charge in [-0.2, -0.15) is 0 Å². The molecule has 2 amide bonds. The van der Waals surface area contributed by atoms with Crippen LogP contribution in [0.3, 0.4) is 0 Å². The van der Waals surface area contributed by atoms with Crippen LogP contribution in [0.5, 0.6) is 0 Å². The van der Waals surface area contributed by atoms with Crippen molar-refractivity contribution in [3.05, 3.63) is 0 Å². The molecule has 0 aromatic heterocycles. The summed E-state index contributed by atoms with van der Waals surface area (Å²) in [5.74, 6) is -0.845. The van der Waals surface area contributed by atoms with Crippen LogP contribution in [-0.2, 0) is 9.53 Å². The third-order valence-corrected chi connectivity index (χ3v) is 3.05. The third kappa shape index (κ3) is 4.18. The SMILES string of the molecule is CC(CCC(=O)O)NC(=O)N1CCOCC1(C)C. The monoisotopic (exact) mass is 258 g/mol. The number of hydrogen-bond acceptors (Lipinski definition) is 3. The number of amides is 2. The van der Waals surface area contributed by atoms with Gasteiger partial charge in [-0.1, -0.05) is 0 Å². The van der Waals surface area contributed by atoms with Crippen LogP contribution in [-0.4, -0.2) is 53.3 Å². The molecule has 104 valence electrons. The Morgan fingerprint density at radius 3 is 2.72 bits per heavy atom. The van der Waals surface area contributed by atoms with Crippen molar-refractivity contribution >= 4 is 12.0 Å². The van der Waals surface area contributed by atoms with Crippen LogP contribution >= 0.6 is 0 Å². The molecule has 18 heavy (non-hydrogen) atoms. The number of aliphatic carboxylic acids is 1. The van der Waals surface area contributed by atoms with E-state index in [-0.39, 0.29) is 24.0 Å². The predicted molar refractivity (Wildman–Crippen MR) is 66.5 cm³/mol. The van der Waals surface area contributed by atoms with E-state index in [2.05, 4.69) is 5.32 Å². The molecule has 1 rings (SSSR count). The van der Waals surface area contributed by atoms with Crippen molar-refractivity contribution in [1.29, 1.82) is 0 Å². The van der Waals surface area contributed by atoms with Crippen LogP contribution in [0.25, 0.3) is 0 Å². The summed E-state index contributed by atoms with van der Waals surface area (Å²) in [5.41, 5.74) is -0.325. The second-order valence-corrected chi connectivity index (χ2v) is 5.30. The molecule has 0 saturated carbocycles. The highest BCUT2D eigenvalue weighted by Crippen LogP contribution is 2.19. The second-order valence-electron chi connectivity index (χ2n) is 5.30. The molecule has 1 unspecified atom stereocenters. The van der Waals surface area contributed by atoms with Gasteiger partial charge < -0.3 is 20.1 Å². The molecule has 0 aromatic rings. The maximum atomic E-state index is 12.1. The number of carboxylic acid groups (broad SMARTS) is 1. The maximum absolute atomic E-state index is 12.1. The molecular formula is C12H22N2O4. The molecule has 1 saturated heterocycles. The number of ether oxygens (including phenoxy) is 1. The van der Waals surface area contributed by atoms with Crippen LogP contribution in [0.2, 0.25) is 0 Å². The molecule has 0 bridgehead atoms. The first-order valence-electron chi connectivity index (χ1n) is 6.20. The molecule has 6 heteroatoms. The van der Waals surface area contributed by atoms with Crippen LogP contribution in [0.4, 0.5) is 4.79 Å². The van der Waals surface area contributed by atoms with E-state index in [1.165, 1.54) is 0 Å². The highest BCUT2D eigenvalue weighted by Gasteiger charge is 2.34. The molecule has 1 atom stereocenters. The molecule has 0 radical (unpaired) electrons. The highest BCUT2D eigenvalue weighted by atomic mass is 16.5. The molecule has 1 aliphatic heterocycles. The lowest BCUT2D eigenvalue weighted by Crippen LogP contribution is -2.59. The van der Waals surface area contributed by atoms with Crippen LogP contribution < -0.4 is 5.32 Å². The van der Waals surface area contributed by atoms with Crippen LogP contribution in [0, 0.1) is 0 Å². The smallest absolute Gasteiger partial charge is 0.318 e. The van der Waals surface area contributed by atoms with Gasteiger partial charge in [-0.05, 0) is 27.2 Å². The van der Waals surface area contributed by atoms with Crippen molar-refractivity contribution in [1.82, 2.24) is 10.2 Å². The third-order valence-electron chi connectivity index (χ3n) is 3.05. The van der Waals surface area contributed by atoms with Gasteiger partial charge >= 0.3 is 12.0 Å². The van der Waals surface area contributed by atoms with Crippen molar-refractivity contribution < 1.29 is 19.4 Å². The molecule has 1 heterocycles. The molecule has 1 fully saturated rings. The summed E-state index contributed by atoms with van der Waals surface area (Å²) >= 11 is 0. The quantitative estimate of drug-likeness (QED) is 0.790. The summed E-state index contributed by atoms with van der Waals surface area (Å²) in [6.07, 6.45) is 0.500. The normalized spacial score (nSPS) is 20.3. The summed E-state index contributed by atoms with van der Waals surface area (Å²) in [5, 5.41) is 11.4. The number of carbonyl (C=O) groups is 2. The summed E-state index contributed by atoms with van der Waals surface area (Å²) in [6, 6.07) is -0.298. The topological polar surface area (TPSA) is 78.9 Å². The van der Waals surface area contributed by atoms with Crippen molar-refractivity contribution in [3.63, 3.8) is 0 Å². The summed E-state index contributed by atoms with van der Waals surface area (Å²) in [6.45, 7) is 7.34. The first kappa shape index (κ1) is 14.8. The number of nitrogens with zero attached hydrogens (tertiary/aromatic N) is 1. The van der Waals surface area contributed by atoms with E-state index in [4.69, 9.17) is 9.84 Å². The second kappa shape index (κ2) is 6.04. The number of nitrogens with one attached hydrogen (secondary N) is 1. The van der Waals surface area contributed by atoms with Crippen molar-refractivity contribution in [2.45, 2.75) is 45.2 Å². The predicted octanol–water partition coefficient (Wildman–Crippen LogP) is 1.06. The van der Waals surface area contributed by atoms with E-state index in [9.17, 15) is 9.59 Å².